The third-order valence-electron chi connectivity index (χ3n) is 2.25. The van der Waals surface area contributed by atoms with Gasteiger partial charge in [0.05, 0.1) is 0 Å². The minimum Gasteiger partial charge on any atom is -0.300 e. The molecule has 0 radical (unpaired) electrons. The van der Waals surface area contributed by atoms with Crippen LogP contribution in [-0.4, -0.2) is 14.8 Å². The summed E-state index contributed by atoms with van der Waals surface area (Å²) in [6.45, 7) is 2.73. The Balaban J connectivity index is 2.63. The van der Waals surface area contributed by atoms with Crippen LogP contribution < -0.4 is 0 Å². The molecule has 0 saturated heterocycles. The van der Waals surface area contributed by atoms with Crippen LogP contribution in [0.15, 0.2) is 18.2 Å². The van der Waals surface area contributed by atoms with Gasteiger partial charge in [0, 0.05) is 15.7 Å². The molecule has 16 heavy (non-hydrogen) atoms. The van der Waals surface area contributed by atoms with Crippen molar-refractivity contribution in [3.63, 3.8) is 0 Å². The van der Waals surface area contributed by atoms with Gasteiger partial charge >= 0.3 is 0 Å². The van der Waals surface area contributed by atoms with Crippen molar-refractivity contribution in [2.75, 3.05) is 0 Å². The highest BCUT2D eigenvalue weighted by Gasteiger charge is 2.11. The molecule has 0 fully saturated rings. The number of nitrogens with zero attached hydrogens (tertiary/aromatic N) is 2. The van der Waals surface area contributed by atoms with E-state index < -0.39 is 0 Å². The van der Waals surface area contributed by atoms with Gasteiger partial charge in [-0.15, -0.1) is 0 Å². The Bertz CT molecular complexity index is 576. The van der Waals surface area contributed by atoms with Crippen molar-refractivity contribution in [2.45, 2.75) is 13.5 Å². The molecule has 0 spiro atoms. The fraction of sp³-hybridized carbons (Fsp3) is 0.200. The Morgan fingerprint density at radius 1 is 1.56 bits per heavy atom. The maximum Gasteiger partial charge on any atom is 0.195 e. The summed E-state index contributed by atoms with van der Waals surface area (Å²) in [5, 5.41) is 6.91. The summed E-state index contributed by atoms with van der Waals surface area (Å²) in [7, 11) is 0. The van der Waals surface area contributed by atoms with Crippen LogP contribution >= 0.6 is 34.8 Å². The number of hydrogen-bond acceptors (Lipinski definition) is 2. The minimum absolute atomic E-state index is 0.245. The molecule has 84 valence electrons. The minimum atomic E-state index is -0.245. The number of benzene rings is 1. The van der Waals surface area contributed by atoms with E-state index in [1.165, 1.54) is 12.1 Å². The predicted molar refractivity (Wildman–Crippen MR) is 71.2 cm³/mol. The molecule has 1 N–H and O–H groups in total. The van der Waals surface area contributed by atoms with E-state index in [9.17, 15) is 4.39 Å². The van der Waals surface area contributed by atoms with Gasteiger partial charge in [-0.25, -0.2) is 4.39 Å². The molecule has 0 amide bonds. The second-order valence-electron chi connectivity index (χ2n) is 3.22. The molecule has 0 aliphatic carbocycles. The molecule has 0 bridgehead atoms. The van der Waals surface area contributed by atoms with E-state index in [2.05, 4.69) is 32.8 Å². The Labute approximate surface area is 111 Å². The van der Waals surface area contributed by atoms with Gasteiger partial charge in [0.2, 0.25) is 0 Å². The molecule has 6 heteroatoms. The quantitative estimate of drug-likeness (QED) is 0.666. The van der Waals surface area contributed by atoms with Crippen molar-refractivity contribution >= 4 is 34.8 Å². The normalized spacial score (nSPS) is 10.7. The van der Waals surface area contributed by atoms with E-state index in [1.54, 1.807) is 6.07 Å². The van der Waals surface area contributed by atoms with Crippen molar-refractivity contribution in [1.29, 1.82) is 0 Å². The Morgan fingerprint density at radius 2 is 2.31 bits per heavy atom. The zero-order valence-electron chi connectivity index (χ0n) is 8.50. The standard InChI is InChI=1S/C10H9FIN3S/c1-2-15-9(13-14-10(15)16)7-4-3-6(11)5-8(7)12/h3-5H,2H2,1H3,(H,14,16). The largest absolute Gasteiger partial charge is 0.300 e. The average Bonchev–Trinajstić information content (AvgIpc) is 2.59. The first kappa shape index (κ1) is 11.7. The first-order valence-corrected chi connectivity index (χ1v) is 6.22. The van der Waals surface area contributed by atoms with Crippen LogP contribution in [0, 0.1) is 14.2 Å². The van der Waals surface area contributed by atoms with Crippen LogP contribution in [-0.2, 0) is 6.54 Å². The molecule has 0 aliphatic rings. The fourth-order valence-corrected chi connectivity index (χ4v) is 2.47. The van der Waals surface area contributed by atoms with E-state index in [0.717, 1.165) is 21.5 Å². The van der Waals surface area contributed by atoms with Gasteiger partial charge in [-0.05, 0) is 59.9 Å². The predicted octanol–water partition coefficient (Wildman–Crippen LogP) is 3.37. The summed E-state index contributed by atoms with van der Waals surface area (Å²) >= 11 is 7.20. The SMILES string of the molecule is CCn1c(-c2ccc(F)cc2I)n[nH]c1=S. The number of H-pyrrole nitrogens is 1. The monoisotopic (exact) mass is 349 g/mol. The van der Waals surface area contributed by atoms with E-state index in [0.29, 0.717) is 4.77 Å². The fourth-order valence-electron chi connectivity index (χ4n) is 1.49. The van der Waals surface area contributed by atoms with Crippen LogP contribution in [0.1, 0.15) is 6.92 Å². The molecule has 0 atom stereocenters. The lowest BCUT2D eigenvalue weighted by molar-refractivity contribution is 0.627. The van der Waals surface area contributed by atoms with Gasteiger partial charge in [0.15, 0.2) is 10.6 Å². The van der Waals surface area contributed by atoms with E-state index in [4.69, 9.17) is 12.2 Å². The summed E-state index contributed by atoms with van der Waals surface area (Å²) in [5.41, 5.74) is 0.885. The summed E-state index contributed by atoms with van der Waals surface area (Å²) < 4.78 is 16.3. The smallest absolute Gasteiger partial charge is 0.195 e. The molecule has 0 aliphatic heterocycles. The highest BCUT2D eigenvalue weighted by molar-refractivity contribution is 14.1. The van der Waals surface area contributed by atoms with Crippen molar-refractivity contribution in [3.05, 3.63) is 32.4 Å². The first-order valence-electron chi connectivity index (χ1n) is 4.74. The van der Waals surface area contributed by atoms with Gasteiger partial charge in [-0.3, -0.25) is 5.10 Å². The number of halogens is 2. The molecule has 2 rings (SSSR count). The lowest BCUT2D eigenvalue weighted by atomic mass is 10.2. The van der Waals surface area contributed by atoms with Crippen LogP contribution in [0.2, 0.25) is 0 Å². The summed E-state index contributed by atoms with van der Waals surface area (Å²) in [6, 6.07) is 4.62. The van der Waals surface area contributed by atoms with Crippen molar-refractivity contribution < 1.29 is 4.39 Å². The second kappa shape index (κ2) is 4.62. The summed E-state index contributed by atoms with van der Waals surface area (Å²) in [5.74, 6) is 0.502. The highest BCUT2D eigenvalue weighted by atomic mass is 127. The zero-order chi connectivity index (χ0) is 11.7. The second-order valence-corrected chi connectivity index (χ2v) is 4.77. The van der Waals surface area contributed by atoms with Gasteiger partial charge in [0.1, 0.15) is 5.82 Å². The molecule has 0 saturated carbocycles. The van der Waals surface area contributed by atoms with E-state index >= 15 is 0 Å². The lowest BCUT2D eigenvalue weighted by Crippen LogP contribution is -1.99. The van der Waals surface area contributed by atoms with Crippen LogP contribution in [0.25, 0.3) is 11.4 Å². The number of aromatic nitrogens is 3. The Morgan fingerprint density at radius 3 is 2.94 bits per heavy atom. The average molecular weight is 349 g/mol. The lowest BCUT2D eigenvalue weighted by Gasteiger charge is -2.05. The molecule has 1 aromatic carbocycles. The maximum absolute atomic E-state index is 13.0. The van der Waals surface area contributed by atoms with Gasteiger partial charge < -0.3 is 4.57 Å². The highest BCUT2D eigenvalue weighted by Crippen LogP contribution is 2.24. The molecule has 1 aromatic heterocycles. The van der Waals surface area contributed by atoms with Gasteiger partial charge in [-0.1, -0.05) is 0 Å². The van der Waals surface area contributed by atoms with Crippen LogP contribution in [0.3, 0.4) is 0 Å². The van der Waals surface area contributed by atoms with Crippen LogP contribution in [0.4, 0.5) is 4.39 Å². The summed E-state index contributed by atoms with van der Waals surface area (Å²) in [4.78, 5) is 0. The van der Waals surface area contributed by atoms with Gasteiger partial charge in [-0.2, -0.15) is 5.10 Å². The first-order chi connectivity index (χ1) is 7.63. The molecule has 1 heterocycles. The number of aromatic amines is 1. The number of nitrogens with one attached hydrogen (secondary N) is 1. The molecular weight excluding hydrogens is 340 g/mol. The molecule has 0 unspecified atom stereocenters. The maximum atomic E-state index is 13.0. The summed E-state index contributed by atoms with van der Waals surface area (Å²) in [6.07, 6.45) is 0. The third kappa shape index (κ3) is 2.03. The third-order valence-corrected chi connectivity index (χ3v) is 3.45. The van der Waals surface area contributed by atoms with E-state index in [1.807, 2.05) is 11.5 Å². The number of rotatable bonds is 2. The molecule has 3 nitrogen and oxygen atoms in total. The topological polar surface area (TPSA) is 33.6 Å². The number of hydrogen-bond donors (Lipinski definition) is 1. The molecular formula is C10H9FIN3S. The Hall–Kier alpha value is -0.760. The molecule has 2 aromatic rings. The van der Waals surface area contributed by atoms with E-state index in [-0.39, 0.29) is 5.82 Å². The zero-order valence-corrected chi connectivity index (χ0v) is 11.5. The Kier molecular flexibility index (Phi) is 3.38. The van der Waals surface area contributed by atoms with Crippen LogP contribution in [0.5, 0.6) is 0 Å². The van der Waals surface area contributed by atoms with Crippen molar-refractivity contribution in [3.8, 4) is 11.4 Å². The van der Waals surface area contributed by atoms with Crippen molar-refractivity contribution in [1.82, 2.24) is 14.8 Å². The van der Waals surface area contributed by atoms with Crippen molar-refractivity contribution in [2.24, 2.45) is 0 Å². The van der Waals surface area contributed by atoms with Gasteiger partial charge in [0.25, 0.3) is 0 Å².